The Kier molecular flexibility index (Phi) is 3.34. The number of amides is 1. The number of benzene rings is 1. The molecule has 0 saturated carbocycles. The summed E-state index contributed by atoms with van der Waals surface area (Å²) in [6, 6.07) is 7.47. The number of ether oxygens (including phenoxy) is 1. The average molecular weight is 250 g/mol. The van der Waals surface area contributed by atoms with Crippen LogP contribution in [0.15, 0.2) is 24.3 Å². The molecule has 0 radical (unpaired) electrons. The van der Waals surface area contributed by atoms with Crippen LogP contribution in [0, 0.1) is 0 Å². The molecule has 0 bridgehead atoms. The molecule has 6 heteroatoms. The molecule has 17 heavy (non-hydrogen) atoms. The minimum atomic E-state index is -0.487. The highest BCUT2D eigenvalue weighted by Gasteiger charge is 2.12. The van der Waals surface area contributed by atoms with Gasteiger partial charge in [-0.05, 0) is 12.1 Å². The van der Waals surface area contributed by atoms with E-state index in [1.807, 2.05) is 24.3 Å². The highest BCUT2D eigenvalue weighted by molar-refractivity contribution is 7.20. The number of hydrogen-bond donors (Lipinski definition) is 1. The van der Waals surface area contributed by atoms with Gasteiger partial charge in [-0.15, -0.1) is 11.3 Å². The number of rotatable bonds is 3. The molecular weight excluding hydrogens is 240 g/mol. The third-order valence-electron chi connectivity index (χ3n) is 2.11. The summed E-state index contributed by atoms with van der Waals surface area (Å²) in [5.41, 5.74) is 0.778. The van der Waals surface area contributed by atoms with Gasteiger partial charge >= 0.3 is 5.97 Å². The molecule has 5 nitrogen and oxygen atoms in total. The van der Waals surface area contributed by atoms with E-state index in [2.05, 4.69) is 15.0 Å². The lowest BCUT2D eigenvalue weighted by Crippen LogP contribution is -2.29. The average Bonchev–Trinajstić information content (AvgIpc) is 2.79. The SMILES string of the molecule is COC(=O)CNC(=O)c1nc2ccccc2s1. The predicted octanol–water partition coefficient (Wildman–Crippen LogP) is 1.20. The monoisotopic (exact) mass is 250 g/mol. The summed E-state index contributed by atoms with van der Waals surface area (Å²) in [5, 5.41) is 2.79. The maximum absolute atomic E-state index is 11.7. The van der Waals surface area contributed by atoms with E-state index in [4.69, 9.17) is 0 Å². The Labute approximate surface area is 101 Å². The molecular formula is C11H10N2O3S. The first-order valence-corrected chi connectivity index (χ1v) is 5.73. The molecule has 0 unspecified atom stereocenters. The predicted molar refractivity (Wildman–Crippen MR) is 64.0 cm³/mol. The van der Waals surface area contributed by atoms with Crippen molar-refractivity contribution in [1.29, 1.82) is 0 Å². The van der Waals surface area contributed by atoms with Gasteiger partial charge in [0.25, 0.3) is 5.91 Å². The largest absolute Gasteiger partial charge is 0.468 e. The Morgan fingerprint density at radius 2 is 2.18 bits per heavy atom. The number of carbonyl (C=O) groups excluding carboxylic acids is 2. The minimum Gasteiger partial charge on any atom is -0.468 e. The lowest BCUT2D eigenvalue weighted by atomic mass is 10.3. The molecule has 0 saturated heterocycles. The van der Waals surface area contributed by atoms with Crippen molar-refractivity contribution in [3.05, 3.63) is 29.3 Å². The molecule has 1 aromatic heterocycles. The Bertz CT molecular complexity index is 532. The molecule has 2 rings (SSSR count). The fraction of sp³-hybridized carbons (Fsp3) is 0.182. The van der Waals surface area contributed by atoms with Crippen LogP contribution in [0.1, 0.15) is 9.80 Å². The number of thiazole rings is 1. The molecule has 0 fully saturated rings. The van der Waals surface area contributed by atoms with Crippen LogP contribution >= 0.6 is 11.3 Å². The molecule has 0 atom stereocenters. The second-order valence-electron chi connectivity index (χ2n) is 3.25. The van der Waals surface area contributed by atoms with Crippen LogP contribution in [-0.2, 0) is 9.53 Å². The number of carbonyl (C=O) groups is 2. The summed E-state index contributed by atoms with van der Waals surface area (Å²) < 4.78 is 5.37. The number of fused-ring (bicyclic) bond motifs is 1. The third-order valence-corrected chi connectivity index (χ3v) is 3.14. The summed E-state index contributed by atoms with van der Waals surface area (Å²) in [6.45, 7) is -0.148. The van der Waals surface area contributed by atoms with Crippen molar-refractivity contribution in [1.82, 2.24) is 10.3 Å². The van der Waals surface area contributed by atoms with E-state index < -0.39 is 5.97 Å². The number of para-hydroxylation sites is 1. The summed E-state index contributed by atoms with van der Waals surface area (Å²) in [4.78, 5) is 26.7. The topological polar surface area (TPSA) is 68.3 Å². The number of esters is 1. The summed E-state index contributed by atoms with van der Waals surface area (Å²) in [7, 11) is 1.27. The molecule has 0 aliphatic carbocycles. The van der Waals surface area contributed by atoms with Crippen LogP contribution in [-0.4, -0.2) is 30.5 Å². The Morgan fingerprint density at radius 3 is 2.88 bits per heavy atom. The highest BCUT2D eigenvalue weighted by atomic mass is 32.1. The molecule has 2 aromatic rings. The van der Waals surface area contributed by atoms with Crippen LogP contribution in [0.3, 0.4) is 0 Å². The van der Waals surface area contributed by atoms with Gasteiger partial charge < -0.3 is 10.1 Å². The first-order valence-electron chi connectivity index (χ1n) is 4.91. The van der Waals surface area contributed by atoms with Gasteiger partial charge in [-0.3, -0.25) is 9.59 Å². The van der Waals surface area contributed by atoms with Crippen molar-refractivity contribution in [2.45, 2.75) is 0 Å². The van der Waals surface area contributed by atoms with Crippen LogP contribution in [0.4, 0.5) is 0 Å². The zero-order valence-electron chi connectivity index (χ0n) is 9.10. The van der Waals surface area contributed by atoms with E-state index in [9.17, 15) is 9.59 Å². The highest BCUT2D eigenvalue weighted by Crippen LogP contribution is 2.21. The number of nitrogens with zero attached hydrogens (tertiary/aromatic N) is 1. The fourth-order valence-electron chi connectivity index (χ4n) is 1.27. The fourth-order valence-corrected chi connectivity index (χ4v) is 2.15. The van der Waals surface area contributed by atoms with Crippen LogP contribution < -0.4 is 5.32 Å². The molecule has 1 aromatic carbocycles. The smallest absolute Gasteiger partial charge is 0.325 e. The van der Waals surface area contributed by atoms with E-state index in [1.54, 1.807) is 0 Å². The van der Waals surface area contributed by atoms with Gasteiger partial charge in [-0.1, -0.05) is 12.1 Å². The molecule has 1 N–H and O–H groups in total. The van der Waals surface area contributed by atoms with E-state index in [0.29, 0.717) is 5.01 Å². The summed E-state index contributed by atoms with van der Waals surface area (Å²) in [6.07, 6.45) is 0. The lowest BCUT2D eigenvalue weighted by molar-refractivity contribution is -0.139. The van der Waals surface area contributed by atoms with Gasteiger partial charge in [0.15, 0.2) is 5.01 Å². The second-order valence-corrected chi connectivity index (χ2v) is 4.28. The number of aromatic nitrogens is 1. The Hall–Kier alpha value is -1.95. The summed E-state index contributed by atoms with van der Waals surface area (Å²) in [5.74, 6) is -0.851. The van der Waals surface area contributed by atoms with Gasteiger partial charge in [0.1, 0.15) is 6.54 Å². The third kappa shape index (κ3) is 2.59. The quantitative estimate of drug-likeness (QED) is 0.831. The molecule has 0 aliphatic heterocycles. The summed E-state index contributed by atoms with van der Waals surface area (Å²) >= 11 is 1.29. The second kappa shape index (κ2) is 4.92. The first-order chi connectivity index (χ1) is 8.20. The molecule has 0 spiro atoms. The van der Waals surface area contributed by atoms with Crippen molar-refractivity contribution in [2.24, 2.45) is 0 Å². The van der Waals surface area contributed by atoms with Crippen molar-refractivity contribution >= 4 is 33.4 Å². The van der Waals surface area contributed by atoms with E-state index in [1.165, 1.54) is 18.4 Å². The van der Waals surface area contributed by atoms with Crippen LogP contribution in [0.5, 0.6) is 0 Å². The van der Waals surface area contributed by atoms with Crippen molar-refractivity contribution in [2.75, 3.05) is 13.7 Å². The molecule has 1 heterocycles. The van der Waals surface area contributed by atoms with Gasteiger partial charge in [-0.25, -0.2) is 4.98 Å². The van der Waals surface area contributed by atoms with Gasteiger partial charge in [0, 0.05) is 0 Å². The Balaban J connectivity index is 2.11. The van der Waals surface area contributed by atoms with E-state index in [0.717, 1.165) is 10.2 Å². The maximum atomic E-state index is 11.7. The van der Waals surface area contributed by atoms with Crippen molar-refractivity contribution < 1.29 is 14.3 Å². The van der Waals surface area contributed by atoms with E-state index >= 15 is 0 Å². The standard InChI is InChI=1S/C11H10N2O3S/c1-16-9(14)6-12-10(15)11-13-7-4-2-3-5-8(7)17-11/h2-5H,6H2,1H3,(H,12,15). The number of nitrogens with one attached hydrogen (secondary N) is 1. The molecule has 0 aliphatic rings. The van der Waals surface area contributed by atoms with Gasteiger partial charge in [0.05, 0.1) is 17.3 Å². The zero-order valence-corrected chi connectivity index (χ0v) is 9.91. The van der Waals surface area contributed by atoms with Gasteiger partial charge in [0.2, 0.25) is 0 Å². The number of hydrogen-bond acceptors (Lipinski definition) is 5. The first kappa shape index (κ1) is 11.5. The number of methoxy groups -OCH3 is 1. The lowest BCUT2D eigenvalue weighted by Gasteiger charge is -1.99. The van der Waals surface area contributed by atoms with Gasteiger partial charge in [-0.2, -0.15) is 0 Å². The van der Waals surface area contributed by atoms with E-state index in [-0.39, 0.29) is 12.5 Å². The molecule has 88 valence electrons. The van der Waals surface area contributed by atoms with Crippen LogP contribution in [0.25, 0.3) is 10.2 Å². The normalized spacial score (nSPS) is 10.2. The van der Waals surface area contributed by atoms with Crippen molar-refractivity contribution in [3.63, 3.8) is 0 Å². The Morgan fingerprint density at radius 1 is 1.41 bits per heavy atom. The minimum absolute atomic E-state index is 0.148. The maximum Gasteiger partial charge on any atom is 0.325 e. The molecule has 1 amide bonds. The van der Waals surface area contributed by atoms with Crippen molar-refractivity contribution in [3.8, 4) is 0 Å². The van der Waals surface area contributed by atoms with Crippen LogP contribution in [0.2, 0.25) is 0 Å². The zero-order chi connectivity index (χ0) is 12.3.